The molecule has 0 atom stereocenters. The summed E-state index contributed by atoms with van der Waals surface area (Å²) in [6.07, 6.45) is 1.88. The molecule has 0 saturated carbocycles. The SMILES string of the molecule is Cc1ccc(NS(=O)(=O)c2c(C(=O)N3CCC(C)CC3)c(C)n(C)c2C)c(Br)c1. The molecule has 8 heteroatoms. The Kier molecular flexibility index (Phi) is 6.15. The van der Waals surface area contributed by atoms with Gasteiger partial charge in [-0.05, 0) is 73.2 Å². The number of rotatable bonds is 4. The minimum Gasteiger partial charge on any atom is -0.350 e. The highest BCUT2D eigenvalue weighted by Crippen LogP contribution is 2.32. The maximum Gasteiger partial charge on any atom is 0.264 e. The summed E-state index contributed by atoms with van der Waals surface area (Å²) in [6.45, 7) is 8.96. The van der Waals surface area contributed by atoms with Crippen molar-refractivity contribution in [3.05, 3.63) is 45.2 Å². The quantitative estimate of drug-likeness (QED) is 0.703. The lowest BCUT2D eigenvalue weighted by molar-refractivity contribution is 0.0692. The number of nitrogens with zero attached hydrogens (tertiary/aromatic N) is 2. The molecule has 1 aliphatic rings. The number of anilines is 1. The van der Waals surface area contributed by atoms with Crippen LogP contribution in [-0.4, -0.2) is 36.9 Å². The summed E-state index contributed by atoms with van der Waals surface area (Å²) in [5.74, 6) is 0.378. The molecule has 6 nitrogen and oxygen atoms in total. The number of halogens is 1. The summed E-state index contributed by atoms with van der Waals surface area (Å²) in [7, 11) is -2.16. The number of carbonyl (C=O) groups excluding carboxylic acids is 1. The van der Waals surface area contributed by atoms with Gasteiger partial charge in [-0.25, -0.2) is 8.42 Å². The van der Waals surface area contributed by atoms with Gasteiger partial charge in [0, 0.05) is 36.0 Å². The van der Waals surface area contributed by atoms with Crippen molar-refractivity contribution >= 4 is 37.5 Å². The lowest BCUT2D eigenvalue weighted by Gasteiger charge is -2.30. The van der Waals surface area contributed by atoms with Crippen LogP contribution in [0.4, 0.5) is 5.69 Å². The van der Waals surface area contributed by atoms with Gasteiger partial charge in [0.2, 0.25) is 0 Å². The first kappa shape index (κ1) is 21.9. The fourth-order valence-electron chi connectivity index (χ4n) is 3.77. The van der Waals surface area contributed by atoms with Crippen LogP contribution in [0.25, 0.3) is 0 Å². The number of aryl methyl sites for hydroxylation is 1. The smallest absolute Gasteiger partial charge is 0.264 e. The van der Waals surface area contributed by atoms with Crippen LogP contribution in [0.2, 0.25) is 0 Å². The predicted molar refractivity (Wildman–Crippen MR) is 119 cm³/mol. The van der Waals surface area contributed by atoms with Crippen molar-refractivity contribution in [1.82, 2.24) is 9.47 Å². The van der Waals surface area contributed by atoms with Gasteiger partial charge in [0.1, 0.15) is 4.90 Å². The first-order valence-corrected chi connectivity index (χ1v) is 12.0. The summed E-state index contributed by atoms with van der Waals surface area (Å²) < 4.78 is 31.8. The fourth-order valence-corrected chi connectivity index (χ4v) is 6.09. The second-order valence-electron chi connectivity index (χ2n) is 8.00. The molecule has 0 aliphatic carbocycles. The molecule has 0 spiro atoms. The number of aromatic nitrogens is 1. The summed E-state index contributed by atoms with van der Waals surface area (Å²) >= 11 is 3.42. The minimum absolute atomic E-state index is 0.0635. The van der Waals surface area contributed by atoms with E-state index >= 15 is 0 Å². The molecule has 1 N–H and O–H groups in total. The van der Waals surface area contributed by atoms with Gasteiger partial charge in [-0.2, -0.15) is 0 Å². The van der Waals surface area contributed by atoms with Crippen LogP contribution in [0.1, 0.15) is 47.1 Å². The maximum absolute atomic E-state index is 13.4. The van der Waals surface area contributed by atoms with Crippen LogP contribution in [-0.2, 0) is 17.1 Å². The third-order valence-corrected chi connectivity index (χ3v) is 8.03. The van der Waals surface area contributed by atoms with E-state index < -0.39 is 10.0 Å². The third-order valence-electron chi connectivity index (χ3n) is 5.85. The Bertz CT molecular complexity index is 1050. The standard InChI is InChI=1S/C21H28BrN3O3S/c1-13-8-10-25(11-9-13)21(26)19-15(3)24(5)16(4)20(19)29(27,28)23-18-7-6-14(2)12-17(18)22/h6-7,12-13,23H,8-11H2,1-5H3. The van der Waals surface area contributed by atoms with Crippen LogP contribution in [0.5, 0.6) is 0 Å². The molecule has 0 unspecified atom stereocenters. The Morgan fingerprint density at radius 3 is 2.34 bits per heavy atom. The van der Waals surface area contributed by atoms with Gasteiger partial charge >= 0.3 is 0 Å². The molecule has 0 radical (unpaired) electrons. The number of hydrogen-bond acceptors (Lipinski definition) is 3. The van der Waals surface area contributed by atoms with Crippen molar-refractivity contribution in [2.24, 2.45) is 13.0 Å². The van der Waals surface area contributed by atoms with E-state index in [1.54, 1.807) is 36.4 Å². The first-order valence-electron chi connectivity index (χ1n) is 9.77. The van der Waals surface area contributed by atoms with E-state index in [-0.39, 0.29) is 16.4 Å². The summed E-state index contributed by atoms with van der Waals surface area (Å²) in [5.41, 5.74) is 2.94. The fraction of sp³-hybridized carbons (Fsp3) is 0.476. The average Bonchev–Trinajstić information content (AvgIpc) is 2.89. The summed E-state index contributed by atoms with van der Waals surface area (Å²) in [5, 5.41) is 0. The molecule has 2 aromatic rings. The number of hydrogen-bond donors (Lipinski definition) is 1. The molecule has 1 fully saturated rings. The second kappa shape index (κ2) is 8.14. The van der Waals surface area contributed by atoms with Gasteiger partial charge in [-0.3, -0.25) is 9.52 Å². The molecule has 29 heavy (non-hydrogen) atoms. The van der Waals surface area contributed by atoms with Gasteiger partial charge in [0.25, 0.3) is 15.9 Å². The molecule has 1 amide bonds. The Morgan fingerprint density at radius 2 is 1.76 bits per heavy atom. The first-order chi connectivity index (χ1) is 13.5. The number of amides is 1. The van der Waals surface area contributed by atoms with E-state index in [1.165, 1.54) is 0 Å². The number of nitrogens with one attached hydrogen (secondary N) is 1. The third kappa shape index (κ3) is 4.23. The van der Waals surface area contributed by atoms with E-state index in [2.05, 4.69) is 27.6 Å². The van der Waals surface area contributed by atoms with E-state index in [9.17, 15) is 13.2 Å². The molecule has 2 heterocycles. The van der Waals surface area contributed by atoms with E-state index in [0.717, 1.165) is 18.4 Å². The Hall–Kier alpha value is -1.80. The maximum atomic E-state index is 13.4. The van der Waals surface area contributed by atoms with Crippen LogP contribution < -0.4 is 4.72 Å². The van der Waals surface area contributed by atoms with Crippen molar-refractivity contribution < 1.29 is 13.2 Å². The van der Waals surface area contributed by atoms with Gasteiger partial charge in [0.15, 0.2) is 0 Å². The minimum atomic E-state index is -3.95. The zero-order chi connectivity index (χ0) is 21.5. The number of piperidine rings is 1. The lowest BCUT2D eigenvalue weighted by atomic mass is 9.98. The predicted octanol–water partition coefficient (Wildman–Crippen LogP) is 4.39. The van der Waals surface area contributed by atoms with Crippen molar-refractivity contribution in [2.45, 2.75) is 45.4 Å². The number of carbonyl (C=O) groups is 1. The highest BCUT2D eigenvalue weighted by atomic mass is 79.9. The summed E-state index contributed by atoms with van der Waals surface area (Å²) in [4.78, 5) is 15.2. The zero-order valence-corrected chi connectivity index (χ0v) is 19.9. The highest BCUT2D eigenvalue weighted by molar-refractivity contribution is 9.10. The number of sulfonamides is 1. The van der Waals surface area contributed by atoms with Crippen LogP contribution in [0.3, 0.4) is 0 Å². The average molecular weight is 482 g/mol. The van der Waals surface area contributed by atoms with Gasteiger partial charge < -0.3 is 9.47 Å². The van der Waals surface area contributed by atoms with Crippen molar-refractivity contribution in [1.29, 1.82) is 0 Å². The van der Waals surface area contributed by atoms with Crippen LogP contribution in [0.15, 0.2) is 27.6 Å². The van der Waals surface area contributed by atoms with Crippen LogP contribution >= 0.6 is 15.9 Å². The normalized spacial score (nSPS) is 15.6. The van der Waals surface area contributed by atoms with Gasteiger partial charge in [-0.1, -0.05) is 13.0 Å². The van der Waals surface area contributed by atoms with Gasteiger partial charge in [-0.15, -0.1) is 0 Å². The second-order valence-corrected chi connectivity index (χ2v) is 10.5. The largest absolute Gasteiger partial charge is 0.350 e. The van der Waals surface area contributed by atoms with Crippen molar-refractivity contribution in [3.8, 4) is 0 Å². The van der Waals surface area contributed by atoms with Crippen molar-refractivity contribution in [3.63, 3.8) is 0 Å². The van der Waals surface area contributed by atoms with E-state index in [1.807, 2.05) is 19.1 Å². The highest BCUT2D eigenvalue weighted by Gasteiger charge is 2.34. The van der Waals surface area contributed by atoms with Gasteiger partial charge in [0.05, 0.1) is 11.3 Å². The molecule has 1 aromatic carbocycles. The Morgan fingerprint density at radius 1 is 1.14 bits per heavy atom. The molecule has 1 aromatic heterocycles. The molecular weight excluding hydrogens is 454 g/mol. The van der Waals surface area contributed by atoms with Crippen molar-refractivity contribution in [2.75, 3.05) is 17.8 Å². The Balaban J connectivity index is 2.04. The zero-order valence-electron chi connectivity index (χ0n) is 17.5. The molecule has 158 valence electrons. The Labute approximate surface area is 181 Å². The number of benzene rings is 1. The van der Waals surface area contributed by atoms with Crippen LogP contribution in [0, 0.1) is 26.7 Å². The number of likely N-dealkylation sites (tertiary alicyclic amines) is 1. The molecule has 1 aliphatic heterocycles. The van der Waals surface area contributed by atoms with E-state index in [4.69, 9.17) is 0 Å². The van der Waals surface area contributed by atoms with E-state index in [0.29, 0.717) is 40.6 Å². The monoisotopic (exact) mass is 481 g/mol. The molecular formula is C21H28BrN3O3S. The molecule has 3 rings (SSSR count). The molecule has 1 saturated heterocycles. The topological polar surface area (TPSA) is 71.4 Å². The summed E-state index contributed by atoms with van der Waals surface area (Å²) in [6, 6.07) is 5.41. The lowest BCUT2D eigenvalue weighted by Crippen LogP contribution is -2.38. The molecule has 0 bridgehead atoms.